The van der Waals surface area contributed by atoms with Crippen molar-refractivity contribution in [2.24, 2.45) is 11.3 Å². The molecule has 1 aromatic rings. The Balaban J connectivity index is 2.05. The summed E-state index contributed by atoms with van der Waals surface area (Å²) in [5.74, 6) is -2.04. The van der Waals surface area contributed by atoms with E-state index >= 15 is 0 Å². The predicted molar refractivity (Wildman–Crippen MR) is 72.2 cm³/mol. The van der Waals surface area contributed by atoms with Crippen LogP contribution in [0.15, 0.2) is 18.2 Å². The quantitative estimate of drug-likeness (QED) is 0.870. The molecule has 1 saturated carbocycles. The Morgan fingerprint density at radius 2 is 2.05 bits per heavy atom. The molecule has 0 aliphatic heterocycles. The highest BCUT2D eigenvalue weighted by molar-refractivity contribution is 5.96. The van der Waals surface area contributed by atoms with Crippen LogP contribution in [0, 0.1) is 17.2 Å². The van der Waals surface area contributed by atoms with Crippen LogP contribution in [0.3, 0.4) is 0 Å². The third-order valence-electron chi connectivity index (χ3n) is 4.18. The summed E-state index contributed by atoms with van der Waals surface area (Å²) >= 11 is 0. The molecule has 5 heteroatoms. The van der Waals surface area contributed by atoms with Crippen LogP contribution in [0.1, 0.15) is 47.4 Å². The van der Waals surface area contributed by atoms with E-state index in [-0.39, 0.29) is 16.5 Å². The lowest BCUT2D eigenvalue weighted by Crippen LogP contribution is -2.33. The lowest BCUT2D eigenvalue weighted by Gasteiger charge is -2.20. The van der Waals surface area contributed by atoms with E-state index in [1.807, 2.05) is 0 Å². The van der Waals surface area contributed by atoms with Crippen LogP contribution in [-0.2, 0) is 0 Å². The summed E-state index contributed by atoms with van der Waals surface area (Å²) in [5, 5.41) is 11.5. The van der Waals surface area contributed by atoms with Gasteiger partial charge in [0.25, 0.3) is 5.91 Å². The van der Waals surface area contributed by atoms with Crippen molar-refractivity contribution in [3.63, 3.8) is 0 Å². The van der Waals surface area contributed by atoms with Gasteiger partial charge >= 0.3 is 5.97 Å². The van der Waals surface area contributed by atoms with Crippen molar-refractivity contribution in [3.05, 3.63) is 35.1 Å². The maximum Gasteiger partial charge on any atom is 0.335 e. The summed E-state index contributed by atoms with van der Waals surface area (Å²) in [7, 11) is 0. The number of carbonyl (C=O) groups is 2. The summed E-state index contributed by atoms with van der Waals surface area (Å²) in [6.07, 6.45) is 2.15. The van der Waals surface area contributed by atoms with E-state index in [2.05, 4.69) is 19.2 Å². The van der Waals surface area contributed by atoms with Gasteiger partial charge in [-0.2, -0.15) is 0 Å². The summed E-state index contributed by atoms with van der Waals surface area (Å²) in [6, 6.07) is 3.31. The second-order valence-electron chi connectivity index (χ2n) is 5.70. The van der Waals surface area contributed by atoms with Gasteiger partial charge in [0.1, 0.15) is 5.82 Å². The maximum absolute atomic E-state index is 13.7. The average molecular weight is 279 g/mol. The fourth-order valence-corrected chi connectivity index (χ4v) is 2.30. The zero-order valence-corrected chi connectivity index (χ0v) is 11.6. The number of nitrogens with one attached hydrogen (secondary N) is 1. The number of benzene rings is 1. The molecule has 1 fully saturated rings. The highest BCUT2D eigenvalue weighted by Gasteiger charge is 2.45. The zero-order chi connectivity index (χ0) is 14.9. The third kappa shape index (κ3) is 2.81. The summed E-state index contributed by atoms with van der Waals surface area (Å²) in [4.78, 5) is 22.7. The largest absolute Gasteiger partial charge is 0.478 e. The van der Waals surface area contributed by atoms with Crippen LogP contribution in [0.2, 0.25) is 0 Å². The zero-order valence-electron chi connectivity index (χ0n) is 11.6. The SMILES string of the molecule is CC(C)C1(CNC(=O)c2ccc(C(=O)O)cc2F)CC1. The normalized spacial score (nSPS) is 16.0. The number of halogens is 1. The van der Waals surface area contributed by atoms with Gasteiger partial charge in [-0.05, 0) is 42.4 Å². The van der Waals surface area contributed by atoms with Crippen molar-refractivity contribution >= 4 is 11.9 Å². The van der Waals surface area contributed by atoms with Gasteiger partial charge in [-0.1, -0.05) is 13.8 Å². The van der Waals surface area contributed by atoms with E-state index in [1.165, 1.54) is 12.1 Å². The van der Waals surface area contributed by atoms with Crippen molar-refractivity contribution in [3.8, 4) is 0 Å². The lowest BCUT2D eigenvalue weighted by atomic mass is 9.92. The summed E-state index contributed by atoms with van der Waals surface area (Å²) < 4.78 is 13.7. The topological polar surface area (TPSA) is 66.4 Å². The van der Waals surface area contributed by atoms with Gasteiger partial charge in [-0.3, -0.25) is 4.79 Å². The van der Waals surface area contributed by atoms with Gasteiger partial charge in [0, 0.05) is 6.54 Å². The molecule has 0 unspecified atom stereocenters. The molecular formula is C15H18FNO3. The lowest BCUT2D eigenvalue weighted by molar-refractivity contribution is 0.0695. The Morgan fingerprint density at radius 1 is 1.40 bits per heavy atom. The minimum Gasteiger partial charge on any atom is -0.478 e. The van der Waals surface area contributed by atoms with E-state index in [0.29, 0.717) is 12.5 Å². The molecular weight excluding hydrogens is 261 g/mol. The van der Waals surface area contributed by atoms with Crippen LogP contribution >= 0.6 is 0 Å². The molecule has 1 aliphatic carbocycles. The average Bonchev–Trinajstić information content (AvgIpc) is 3.17. The second kappa shape index (κ2) is 5.23. The molecule has 20 heavy (non-hydrogen) atoms. The van der Waals surface area contributed by atoms with Crippen molar-refractivity contribution < 1.29 is 19.1 Å². The van der Waals surface area contributed by atoms with E-state index in [4.69, 9.17) is 5.11 Å². The molecule has 0 heterocycles. The minimum absolute atomic E-state index is 0.116. The molecule has 2 N–H and O–H groups in total. The molecule has 0 spiro atoms. The van der Waals surface area contributed by atoms with Crippen LogP contribution < -0.4 is 5.32 Å². The number of carbonyl (C=O) groups excluding carboxylic acids is 1. The van der Waals surface area contributed by atoms with Gasteiger partial charge in [0.15, 0.2) is 0 Å². The number of hydrogen-bond acceptors (Lipinski definition) is 2. The molecule has 2 rings (SSSR count). The number of amides is 1. The number of rotatable bonds is 5. The van der Waals surface area contributed by atoms with Gasteiger partial charge in [-0.15, -0.1) is 0 Å². The third-order valence-corrected chi connectivity index (χ3v) is 4.18. The molecule has 0 saturated heterocycles. The Kier molecular flexibility index (Phi) is 3.79. The van der Waals surface area contributed by atoms with Crippen LogP contribution in [0.5, 0.6) is 0 Å². The van der Waals surface area contributed by atoms with Crippen LogP contribution in [-0.4, -0.2) is 23.5 Å². The molecule has 0 aromatic heterocycles. The molecule has 4 nitrogen and oxygen atoms in total. The molecule has 1 aliphatic rings. The fraction of sp³-hybridized carbons (Fsp3) is 0.467. The van der Waals surface area contributed by atoms with Crippen molar-refractivity contribution in [2.75, 3.05) is 6.54 Å². The molecule has 0 bridgehead atoms. The fourth-order valence-electron chi connectivity index (χ4n) is 2.30. The molecule has 0 radical (unpaired) electrons. The molecule has 1 amide bonds. The van der Waals surface area contributed by atoms with Gasteiger partial charge < -0.3 is 10.4 Å². The summed E-state index contributed by atoms with van der Waals surface area (Å²) in [5.41, 5.74) is -0.137. The van der Waals surface area contributed by atoms with Gasteiger partial charge in [0.05, 0.1) is 11.1 Å². The second-order valence-corrected chi connectivity index (χ2v) is 5.70. The highest BCUT2D eigenvalue weighted by Crippen LogP contribution is 2.51. The standard InChI is InChI=1S/C15H18FNO3/c1-9(2)15(5-6-15)8-17-13(18)11-4-3-10(14(19)20)7-12(11)16/h3-4,7,9H,5-6,8H2,1-2H3,(H,17,18)(H,19,20). The first-order chi connectivity index (χ1) is 9.35. The first kappa shape index (κ1) is 14.5. The van der Waals surface area contributed by atoms with Crippen LogP contribution in [0.25, 0.3) is 0 Å². The Hall–Kier alpha value is -1.91. The van der Waals surface area contributed by atoms with Crippen molar-refractivity contribution in [1.82, 2.24) is 5.32 Å². The number of carboxylic acid groups (broad SMARTS) is 1. The Bertz CT molecular complexity index is 550. The van der Waals surface area contributed by atoms with E-state index < -0.39 is 17.7 Å². The van der Waals surface area contributed by atoms with Crippen LogP contribution in [0.4, 0.5) is 4.39 Å². The van der Waals surface area contributed by atoms with E-state index in [9.17, 15) is 14.0 Å². The number of carboxylic acids is 1. The first-order valence-corrected chi connectivity index (χ1v) is 6.67. The van der Waals surface area contributed by atoms with Crippen molar-refractivity contribution in [1.29, 1.82) is 0 Å². The highest BCUT2D eigenvalue weighted by atomic mass is 19.1. The monoisotopic (exact) mass is 279 g/mol. The predicted octanol–water partition coefficient (Wildman–Crippen LogP) is 2.69. The summed E-state index contributed by atoms with van der Waals surface area (Å²) in [6.45, 7) is 4.76. The van der Waals surface area contributed by atoms with Gasteiger partial charge in [0.2, 0.25) is 0 Å². The minimum atomic E-state index is -1.22. The number of aromatic carboxylic acids is 1. The molecule has 1 aromatic carbocycles. The van der Waals surface area contributed by atoms with E-state index in [0.717, 1.165) is 18.9 Å². The van der Waals surface area contributed by atoms with Crippen molar-refractivity contribution in [2.45, 2.75) is 26.7 Å². The smallest absolute Gasteiger partial charge is 0.335 e. The molecule has 108 valence electrons. The van der Waals surface area contributed by atoms with Gasteiger partial charge in [-0.25, -0.2) is 9.18 Å². The Labute approximate surface area is 117 Å². The first-order valence-electron chi connectivity index (χ1n) is 6.67. The number of hydrogen-bond donors (Lipinski definition) is 2. The Morgan fingerprint density at radius 3 is 2.50 bits per heavy atom. The maximum atomic E-state index is 13.7. The van der Waals surface area contributed by atoms with E-state index in [1.54, 1.807) is 0 Å². The molecule has 0 atom stereocenters.